The number of rotatable bonds is 5. The zero-order valence-electron chi connectivity index (χ0n) is 12.9. The molecule has 0 N–H and O–H groups in total. The van der Waals surface area contributed by atoms with Gasteiger partial charge in [0.1, 0.15) is 5.01 Å². The third kappa shape index (κ3) is 3.33. The molecule has 0 unspecified atom stereocenters. The highest BCUT2D eigenvalue weighted by atomic mass is 32.1. The summed E-state index contributed by atoms with van der Waals surface area (Å²) in [5.74, 6) is 0. The Morgan fingerprint density at radius 2 is 2.29 bits per heavy atom. The lowest BCUT2D eigenvalue weighted by atomic mass is 10.0. The molecule has 0 spiro atoms. The van der Waals surface area contributed by atoms with Gasteiger partial charge in [-0.3, -0.25) is 9.58 Å². The molecule has 114 valence electrons. The number of aryl methyl sites for hydroxylation is 1. The van der Waals surface area contributed by atoms with E-state index >= 15 is 0 Å². The number of likely N-dealkylation sites (tertiary alicyclic amines) is 1. The second-order valence-electron chi connectivity index (χ2n) is 6.01. The monoisotopic (exact) mass is 305 g/mol. The topological polar surface area (TPSA) is 37.2 Å². The molecule has 21 heavy (non-hydrogen) atoms. The van der Waals surface area contributed by atoms with Gasteiger partial charge in [0.25, 0.3) is 0 Å². The summed E-state index contributed by atoms with van der Waals surface area (Å²) in [5, 5.41) is 7.58. The molecule has 1 fully saturated rings. The van der Waals surface area contributed by atoms with Gasteiger partial charge in [-0.2, -0.15) is 5.10 Å². The quantitative estimate of drug-likeness (QED) is 0.841. The lowest BCUT2D eigenvalue weighted by Crippen LogP contribution is -2.43. The van der Waals surface area contributed by atoms with Crippen LogP contribution in [0.5, 0.6) is 0 Å². The van der Waals surface area contributed by atoms with Crippen LogP contribution in [0.1, 0.15) is 17.0 Å². The predicted octanol–water partition coefficient (Wildman–Crippen LogP) is 1.62. The van der Waals surface area contributed by atoms with Crippen molar-refractivity contribution in [1.29, 1.82) is 0 Å². The van der Waals surface area contributed by atoms with Crippen LogP contribution >= 0.6 is 11.3 Å². The predicted molar refractivity (Wildman–Crippen MR) is 85.3 cm³/mol. The van der Waals surface area contributed by atoms with Gasteiger partial charge in [0.15, 0.2) is 0 Å². The van der Waals surface area contributed by atoms with Gasteiger partial charge in [-0.05, 0) is 32.5 Å². The van der Waals surface area contributed by atoms with Crippen molar-refractivity contribution in [3.05, 3.63) is 34.5 Å². The van der Waals surface area contributed by atoms with Crippen molar-refractivity contribution >= 4 is 11.3 Å². The summed E-state index contributed by atoms with van der Waals surface area (Å²) in [7, 11) is 6.36. The molecule has 1 aliphatic heterocycles. The van der Waals surface area contributed by atoms with E-state index in [0.29, 0.717) is 12.1 Å². The van der Waals surface area contributed by atoms with Gasteiger partial charge < -0.3 is 4.90 Å². The van der Waals surface area contributed by atoms with Crippen molar-refractivity contribution in [2.24, 2.45) is 7.05 Å². The molecule has 3 rings (SSSR count). The fourth-order valence-electron chi connectivity index (χ4n) is 3.29. The molecular formula is C15H23N5S. The molecule has 0 aliphatic carbocycles. The first kappa shape index (κ1) is 14.7. The number of likely N-dealkylation sites (N-methyl/N-ethyl adjacent to an activating group) is 1. The molecule has 0 aromatic carbocycles. The molecule has 0 bridgehead atoms. The normalized spacial score (nSPS) is 23.2. The number of hydrogen-bond acceptors (Lipinski definition) is 5. The molecule has 0 radical (unpaired) electrons. The number of nitrogens with zero attached hydrogens (tertiary/aromatic N) is 5. The summed E-state index contributed by atoms with van der Waals surface area (Å²) in [5.41, 5.74) is 1.32. The average molecular weight is 305 g/mol. The van der Waals surface area contributed by atoms with Gasteiger partial charge in [-0.1, -0.05) is 0 Å². The summed E-state index contributed by atoms with van der Waals surface area (Å²) in [6, 6.07) is 1.14. The van der Waals surface area contributed by atoms with E-state index in [1.807, 2.05) is 24.1 Å². The van der Waals surface area contributed by atoms with Crippen molar-refractivity contribution in [3.8, 4) is 0 Å². The molecular weight excluding hydrogens is 282 g/mol. The Balaban J connectivity index is 1.75. The van der Waals surface area contributed by atoms with Crippen LogP contribution in [0.25, 0.3) is 0 Å². The largest absolute Gasteiger partial charge is 0.305 e. The van der Waals surface area contributed by atoms with Crippen LogP contribution in [0.4, 0.5) is 0 Å². The van der Waals surface area contributed by atoms with Crippen molar-refractivity contribution < 1.29 is 0 Å². The van der Waals surface area contributed by atoms with E-state index in [-0.39, 0.29) is 0 Å². The van der Waals surface area contributed by atoms with Gasteiger partial charge in [-0.25, -0.2) is 4.98 Å². The maximum atomic E-state index is 4.44. The summed E-state index contributed by atoms with van der Waals surface area (Å²) in [6.07, 6.45) is 8.31. The Kier molecular flexibility index (Phi) is 4.37. The Bertz CT molecular complexity index is 562. The molecule has 2 aromatic rings. The molecule has 0 saturated carbocycles. The van der Waals surface area contributed by atoms with Crippen molar-refractivity contribution in [2.75, 3.05) is 20.6 Å². The molecule has 2 atom stereocenters. The number of thiazole rings is 1. The van der Waals surface area contributed by atoms with Gasteiger partial charge in [0.2, 0.25) is 0 Å². The first-order chi connectivity index (χ1) is 10.1. The van der Waals surface area contributed by atoms with Crippen molar-refractivity contribution in [3.63, 3.8) is 0 Å². The fraction of sp³-hybridized carbons (Fsp3) is 0.600. The first-order valence-electron chi connectivity index (χ1n) is 7.40. The maximum Gasteiger partial charge on any atom is 0.107 e. The zero-order valence-corrected chi connectivity index (χ0v) is 13.8. The Hall–Kier alpha value is -1.24. The molecule has 3 heterocycles. The Morgan fingerprint density at radius 1 is 1.43 bits per heavy atom. The highest BCUT2D eigenvalue weighted by molar-refractivity contribution is 7.09. The number of aromatic nitrogens is 3. The summed E-state index contributed by atoms with van der Waals surface area (Å²) in [4.78, 5) is 9.39. The van der Waals surface area contributed by atoms with Crippen LogP contribution < -0.4 is 0 Å². The molecule has 0 amide bonds. The van der Waals surface area contributed by atoms with E-state index in [9.17, 15) is 0 Å². The van der Waals surface area contributed by atoms with Crippen LogP contribution in [0.3, 0.4) is 0 Å². The standard InChI is InChI=1S/C15H23N5S/c1-18(2)13-4-6-20(11-15-16-5-7-21-15)14(13)8-12-9-17-19(3)10-12/h5,7,9-10,13-14H,4,6,8,11H2,1-3H3/t13-,14+/m1/s1. The Labute approximate surface area is 130 Å². The smallest absolute Gasteiger partial charge is 0.107 e. The highest BCUT2D eigenvalue weighted by Gasteiger charge is 2.35. The van der Waals surface area contributed by atoms with E-state index in [0.717, 1.165) is 19.5 Å². The zero-order chi connectivity index (χ0) is 14.8. The van der Waals surface area contributed by atoms with Crippen LogP contribution in [0, 0.1) is 0 Å². The van der Waals surface area contributed by atoms with Gasteiger partial charge >= 0.3 is 0 Å². The molecule has 5 nitrogen and oxygen atoms in total. The lowest BCUT2D eigenvalue weighted by Gasteiger charge is -2.31. The number of hydrogen-bond donors (Lipinski definition) is 0. The summed E-state index contributed by atoms with van der Waals surface area (Å²) in [6.45, 7) is 2.11. The van der Waals surface area contributed by atoms with Crippen molar-refractivity contribution in [2.45, 2.75) is 31.5 Å². The van der Waals surface area contributed by atoms with Gasteiger partial charge in [0, 0.05) is 43.4 Å². The van der Waals surface area contributed by atoms with Crippen LogP contribution in [-0.4, -0.2) is 57.3 Å². The maximum absolute atomic E-state index is 4.44. The third-order valence-corrected chi connectivity index (χ3v) is 5.08. The van der Waals surface area contributed by atoms with Crippen LogP contribution in [-0.2, 0) is 20.0 Å². The van der Waals surface area contributed by atoms with Gasteiger partial charge in [0.05, 0.1) is 12.7 Å². The van der Waals surface area contributed by atoms with Crippen LogP contribution in [0.2, 0.25) is 0 Å². The SMILES string of the molecule is CN(C)[C@@H]1CCN(Cc2nccs2)[C@H]1Cc1cnn(C)c1. The van der Waals surface area contributed by atoms with E-state index < -0.39 is 0 Å². The molecule has 2 aromatic heterocycles. The van der Waals surface area contributed by atoms with E-state index in [2.05, 4.69) is 45.6 Å². The second-order valence-corrected chi connectivity index (χ2v) is 6.99. The minimum Gasteiger partial charge on any atom is -0.305 e. The second kappa shape index (κ2) is 6.25. The van der Waals surface area contributed by atoms with Crippen LogP contribution in [0.15, 0.2) is 24.0 Å². The van der Waals surface area contributed by atoms with Crippen molar-refractivity contribution in [1.82, 2.24) is 24.6 Å². The van der Waals surface area contributed by atoms with E-state index in [4.69, 9.17) is 0 Å². The summed E-state index contributed by atoms with van der Waals surface area (Å²) >= 11 is 1.75. The summed E-state index contributed by atoms with van der Waals surface area (Å²) < 4.78 is 1.89. The van der Waals surface area contributed by atoms with E-state index in [1.54, 1.807) is 11.3 Å². The third-order valence-electron chi connectivity index (χ3n) is 4.31. The average Bonchev–Trinajstić information content (AvgIpc) is 3.14. The first-order valence-corrected chi connectivity index (χ1v) is 8.28. The van der Waals surface area contributed by atoms with E-state index in [1.165, 1.54) is 17.0 Å². The lowest BCUT2D eigenvalue weighted by molar-refractivity contribution is 0.178. The highest BCUT2D eigenvalue weighted by Crippen LogP contribution is 2.26. The molecule has 1 aliphatic rings. The minimum absolute atomic E-state index is 0.535. The Morgan fingerprint density at radius 3 is 2.90 bits per heavy atom. The molecule has 6 heteroatoms. The minimum atomic E-state index is 0.535. The molecule has 1 saturated heterocycles. The fourth-order valence-corrected chi connectivity index (χ4v) is 3.93. The van der Waals surface area contributed by atoms with Gasteiger partial charge in [-0.15, -0.1) is 11.3 Å².